The number of fused-ring (bicyclic) bond motifs is 4. The zero-order valence-electron chi connectivity index (χ0n) is 16.9. The Morgan fingerprint density at radius 2 is 1.71 bits per heavy atom. The first-order chi connectivity index (χ1) is 15.2. The van der Waals surface area contributed by atoms with E-state index in [9.17, 15) is 0 Å². The number of furan rings is 1. The lowest BCUT2D eigenvalue weighted by Crippen LogP contribution is -2.21. The lowest BCUT2D eigenvalue weighted by Gasteiger charge is -2.20. The van der Waals surface area contributed by atoms with Gasteiger partial charge in [-0.15, -0.1) is 0 Å². The van der Waals surface area contributed by atoms with Crippen LogP contribution in [-0.4, -0.2) is 16.5 Å². The quantitative estimate of drug-likeness (QED) is 0.447. The summed E-state index contributed by atoms with van der Waals surface area (Å²) in [7, 11) is 0. The van der Waals surface area contributed by atoms with E-state index in [-0.39, 0.29) is 5.95 Å². The van der Waals surface area contributed by atoms with Crippen LogP contribution in [0.2, 0.25) is 0 Å². The highest BCUT2D eigenvalue weighted by Crippen LogP contribution is 2.36. The first-order valence-electron chi connectivity index (χ1n) is 10.3. The molecule has 1 aliphatic rings. The van der Waals surface area contributed by atoms with Crippen molar-refractivity contribution in [2.75, 3.05) is 22.9 Å². The zero-order valence-corrected chi connectivity index (χ0v) is 16.9. The van der Waals surface area contributed by atoms with Gasteiger partial charge in [0.2, 0.25) is 5.95 Å². The summed E-state index contributed by atoms with van der Waals surface area (Å²) < 4.78 is 6.07. The van der Waals surface area contributed by atoms with Gasteiger partial charge >= 0.3 is 0 Å². The molecule has 152 valence electrons. The van der Waals surface area contributed by atoms with Crippen molar-refractivity contribution in [1.29, 1.82) is 0 Å². The monoisotopic (exact) mass is 407 g/mol. The summed E-state index contributed by atoms with van der Waals surface area (Å²) in [6.45, 7) is 1.61. The van der Waals surface area contributed by atoms with Gasteiger partial charge in [0.05, 0.1) is 0 Å². The topological polar surface area (TPSA) is 94.2 Å². The Bertz CT molecular complexity index is 1460. The number of nitrogens with two attached hydrogens (primary N) is 2. The van der Waals surface area contributed by atoms with E-state index in [4.69, 9.17) is 15.9 Å². The van der Waals surface area contributed by atoms with E-state index >= 15 is 0 Å². The van der Waals surface area contributed by atoms with E-state index in [0.717, 1.165) is 46.0 Å². The summed E-state index contributed by atoms with van der Waals surface area (Å²) >= 11 is 0. The number of benzene rings is 3. The van der Waals surface area contributed by atoms with Gasteiger partial charge in [0, 0.05) is 41.3 Å². The molecule has 6 heteroatoms. The second kappa shape index (κ2) is 6.74. The Labute approximate surface area is 179 Å². The predicted molar refractivity (Wildman–Crippen MR) is 125 cm³/mol. The minimum atomic E-state index is 0.203. The van der Waals surface area contributed by atoms with E-state index in [1.165, 1.54) is 16.8 Å². The van der Waals surface area contributed by atoms with E-state index < -0.39 is 0 Å². The average Bonchev–Trinajstić information content (AvgIpc) is 3.36. The lowest BCUT2D eigenvalue weighted by atomic mass is 10.0. The molecule has 0 aliphatic carbocycles. The summed E-state index contributed by atoms with van der Waals surface area (Å²) in [5, 5.41) is 2.30. The molecule has 6 rings (SSSR count). The van der Waals surface area contributed by atoms with Crippen LogP contribution in [-0.2, 0) is 13.0 Å². The van der Waals surface area contributed by atoms with Gasteiger partial charge in [-0.05, 0) is 53.4 Å². The number of para-hydroxylation sites is 1. The number of hydrogen-bond acceptors (Lipinski definition) is 6. The molecular weight excluding hydrogens is 386 g/mol. The molecule has 31 heavy (non-hydrogen) atoms. The Kier molecular flexibility index (Phi) is 3.86. The van der Waals surface area contributed by atoms with Gasteiger partial charge in [-0.2, -0.15) is 4.98 Å². The predicted octanol–water partition coefficient (Wildman–Crippen LogP) is 4.77. The molecule has 0 unspecified atom stereocenters. The highest BCUT2D eigenvalue weighted by molar-refractivity contribution is 6.05. The molecule has 0 saturated carbocycles. The Morgan fingerprint density at radius 3 is 2.61 bits per heavy atom. The molecule has 0 bridgehead atoms. The number of hydrogen-bond donors (Lipinski definition) is 2. The maximum absolute atomic E-state index is 6.07. The second-order valence-electron chi connectivity index (χ2n) is 7.96. The van der Waals surface area contributed by atoms with Crippen LogP contribution in [0, 0.1) is 0 Å². The van der Waals surface area contributed by atoms with Crippen LogP contribution in [0.3, 0.4) is 0 Å². The average molecular weight is 407 g/mol. The molecule has 0 atom stereocenters. The molecule has 2 aromatic heterocycles. The Morgan fingerprint density at radius 1 is 0.903 bits per heavy atom. The smallest absolute Gasteiger partial charge is 0.221 e. The van der Waals surface area contributed by atoms with Crippen LogP contribution in [0.25, 0.3) is 33.1 Å². The minimum absolute atomic E-state index is 0.203. The van der Waals surface area contributed by atoms with Crippen molar-refractivity contribution in [3.63, 3.8) is 0 Å². The van der Waals surface area contributed by atoms with Crippen LogP contribution in [0.1, 0.15) is 11.1 Å². The summed E-state index contributed by atoms with van der Waals surface area (Å²) in [5.74, 6) is 0.644. The van der Waals surface area contributed by atoms with E-state index in [1.807, 2.05) is 18.2 Å². The number of aromatic nitrogens is 2. The molecule has 5 aromatic rings. The molecule has 0 saturated heterocycles. The largest absolute Gasteiger partial charge is 0.456 e. The van der Waals surface area contributed by atoms with Crippen molar-refractivity contribution >= 4 is 39.4 Å². The lowest BCUT2D eigenvalue weighted by molar-refractivity contribution is 0.669. The van der Waals surface area contributed by atoms with E-state index in [0.29, 0.717) is 12.4 Å². The fraction of sp³-hybridized carbons (Fsp3) is 0.120. The maximum atomic E-state index is 6.07. The maximum Gasteiger partial charge on any atom is 0.221 e. The summed E-state index contributed by atoms with van der Waals surface area (Å²) in [5.41, 5.74) is 19.3. The standard InChI is InChI=1S/C25H21N5O/c26-24-18(13-28-25(27)29-24)14-30-10-9-17-11-15(6-8-21(17)30)16-5-7-20-19-3-1-2-4-22(19)31-23(20)12-16/h1-8,11-13H,9-10,14H2,(H4,26,27,28,29). The van der Waals surface area contributed by atoms with Crippen LogP contribution in [0.4, 0.5) is 17.5 Å². The van der Waals surface area contributed by atoms with Crippen molar-refractivity contribution in [2.45, 2.75) is 13.0 Å². The van der Waals surface area contributed by atoms with Gasteiger partial charge in [-0.25, -0.2) is 4.98 Å². The molecule has 0 fully saturated rings. The zero-order chi connectivity index (χ0) is 20.9. The molecule has 4 N–H and O–H groups in total. The highest BCUT2D eigenvalue weighted by atomic mass is 16.3. The Balaban J connectivity index is 1.32. The van der Waals surface area contributed by atoms with E-state index in [1.54, 1.807) is 6.20 Å². The van der Waals surface area contributed by atoms with E-state index in [2.05, 4.69) is 57.3 Å². The minimum Gasteiger partial charge on any atom is -0.456 e. The fourth-order valence-corrected chi connectivity index (χ4v) is 4.48. The summed E-state index contributed by atoms with van der Waals surface area (Å²) in [4.78, 5) is 10.5. The van der Waals surface area contributed by atoms with Gasteiger partial charge in [0.25, 0.3) is 0 Å². The van der Waals surface area contributed by atoms with Gasteiger partial charge in [0.15, 0.2) is 0 Å². The van der Waals surface area contributed by atoms with Gasteiger partial charge in [0.1, 0.15) is 17.0 Å². The third-order valence-electron chi connectivity index (χ3n) is 6.06. The third kappa shape index (κ3) is 2.95. The highest BCUT2D eigenvalue weighted by Gasteiger charge is 2.21. The molecule has 0 radical (unpaired) electrons. The normalized spacial score (nSPS) is 13.2. The summed E-state index contributed by atoms with van der Waals surface area (Å²) in [6.07, 6.45) is 2.71. The third-order valence-corrected chi connectivity index (χ3v) is 6.06. The molecule has 3 aromatic carbocycles. The SMILES string of the molecule is Nc1ncc(CN2CCc3cc(-c4ccc5c(c4)oc4ccccc45)ccc32)c(N)n1. The number of nitrogens with zero attached hydrogens (tertiary/aromatic N) is 3. The van der Waals surface area contributed by atoms with Gasteiger partial charge < -0.3 is 20.8 Å². The molecule has 0 spiro atoms. The molecule has 6 nitrogen and oxygen atoms in total. The Hall–Kier alpha value is -4.06. The van der Waals surface area contributed by atoms with Crippen molar-refractivity contribution in [2.24, 2.45) is 0 Å². The molecular formula is C25H21N5O. The van der Waals surface area contributed by atoms with Crippen molar-refractivity contribution in [1.82, 2.24) is 9.97 Å². The first-order valence-corrected chi connectivity index (χ1v) is 10.3. The van der Waals surface area contributed by atoms with Crippen LogP contribution < -0.4 is 16.4 Å². The van der Waals surface area contributed by atoms with Crippen molar-refractivity contribution in [3.8, 4) is 11.1 Å². The number of nitrogen functional groups attached to an aromatic ring is 2. The fourth-order valence-electron chi connectivity index (χ4n) is 4.48. The molecule has 0 amide bonds. The first kappa shape index (κ1) is 17.8. The molecule has 3 heterocycles. The second-order valence-corrected chi connectivity index (χ2v) is 7.96. The molecule has 1 aliphatic heterocycles. The number of rotatable bonds is 3. The summed E-state index contributed by atoms with van der Waals surface area (Å²) in [6, 6.07) is 21.3. The van der Waals surface area contributed by atoms with Crippen LogP contribution in [0.15, 0.2) is 71.3 Å². The van der Waals surface area contributed by atoms with Crippen molar-refractivity contribution < 1.29 is 4.42 Å². The van der Waals surface area contributed by atoms with Crippen LogP contribution in [0.5, 0.6) is 0 Å². The van der Waals surface area contributed by atoms with Crippen molar-refractivity contribution in [3.05, 3.63) is 78.0 Å². The van der Waals surface area contributed by atoms with Gasteiger partial charge in [-0.3, -0.25) is 0 Å². The van der Waals surface area contributed by atoms with Crippen LogP contribution >= 0.6 is 0 Å². The number of anilines is 3. The van der Waals surface area contributed by atoms with Gasteiger partial charge in [-0.1, -0.05) is 30.3 Å².